The van der Waals surface area contributed by atoms with Crippen LogP contribution >= 0.6 is 0 Å². The Morgan fingerprint density at radius 1 is 0.927 bits per heavy atom. The Labute approximate surface area is 243 Å². The molecule has 1 aliphatic carbocycles. The molecule has 2 aliphatic rings. The van der Waals surface area contributed by atoms with E-state index in [9.17, 15) is 20.1 Å². The average Bonchev–Trinajstić information content (AvgIpc) is 2.92. The van der Waals surface area contributed by atoms with Gasteiger partial charge in [-0.15, -0.1) is 0 Å². The van der Waals surface area contributed by atoms with Crippen LogP contribution in [0.4, 0.5) is 0 Å². The highest BCUT2D eigenvalue weighted by Crippen LogP contribution is 2.48. The van der Waals surface area contributed by atoms with Gasteiger partial charge in [-0.05, 0) is 90.6 Å². The number of hydrogen-bond donors (Lipinski definition) is 3. The molecule has 0 aromatic heterocycles. The van der Waals surface area contributed by atoms with Gasteiger partial charge in [0.2, 0.25) is 0 Å². The molecule has 0 amide bonds. The van der Waals surface area contributed by atoms with Crippen molar-refractivity contribution in [1.82, 2.24) is 4.90 Å². The number of benzene rings is 3. The number of piperidine rings is 1. The van der Waals surface area contributed by atoms with Crippen molar-refractivity contribution in [2.24, 2.45) is 5.92 Å². The highest BCUT2D eigenvalue weighted by atomic mass is 16.5. The number of phenols is 3. The molecule has 3 aromatic rings. The van der Waals surface area contributed by atoms with E-state index in [0.29, 0.717) is 24.2 Å². The summed E-state index contributed by atoms with van der Waals surface area (Å²) in [4.78, 5) is 16.2. The second-order valence-corrected chi connectivity index (χ2v) is 12.9. The number of nitrogens with zero attached hydrogens (tertiary/aromatic N) is 1. The van der Waals surface area contributed by atoms with E-state index in [2.05, 4.69) is 25.7 Å². The van der Waals surface area contributed by atoms with Gasteiger partial charge < -0.3 is 20.1 Å². The molecule has 1 saturated heterocycles. The second kappa shape index (κ2) is 11.4. The summed E-state index contributed by atoms with van der Waals surface area (Å²) in [7, 11) is 0. The summed E-state index contributed by atoms with van der Waals surface area (Å²) >= 11 is 0. The fraction of sp³-hybridized carbons (Fsp3) is 0.457. The molecule has 5 rings (SSSR count). The number of carbonyl (C=O) groups is 1. The van der Waals surface area contributed by atoms with E-state index >= 15 is 0 Å². The number of carbonyl (C=O) groups excluding carboxylic acids is 1. The van der Waals surface area contributed by atoms with Crippen molar-refractivity contribution >= 4 is 5.78 Å². The van der Waals surface area contributed by atoms with Crippen LogP contribution in [0, 0.1) is 12.8 Å². The van der Waals surface area contributed by atoms with Crippen LogP contribution in [0.25, 0.3) is 11.1 Å². The van der Waals surface area contributed by atoms with Gasteiger partial charge in [0.1, 0.15) is 29.6 Å². The van der Waals surface area contributed by atoms with E-state index in [0.717, 1.165) is 47.6 Å². The van der Waals surface area contributed by atoms with E-state index in [1.165, 1.54) is 25.3 Å². The number of aryl methyl sites for hydroxylation is 1. The van der Waals surface area contributed by atoms with Gasteiger partial charge in [0.15, 0.2) is 5.78 Å². The summed E-state index contributed by atoms with van der Waals surface area (Å²) < 4.78 is 6.01. The Morgan fingerprint density at radius 3 is 2.24 bits per heavy atom. The summed E-state index contributed by atoms with van der Waals surface area (Å²) in [6.07, 6.45) is 4.29. The van der Waals surface area contributed by atoms with Crippen molar-refractivity contribution in [2.75, 3.05) is 26.2 Å². The minimum atomic E-state index is -0.377. The molecule has 3 N–H and O–H groups in total. The summed E-state index contributed by atoms with van der Waals surface area (Å²) in [6.45, 7) is 13.8. The third kappa shape index (κ3) is 5.80. The lowest BCUT2D eigenvalue weighted by molar-refractivity contribution is 0.0895. The normalized spacial score (nSPS) is 19.7. The topological polar surface area (TPSA) is 90.2 Å². The molecule has 41 heavy (non-hydrogen) atoms. The standard InChI is InChI=1S/C35H43NO5/c1-21-17-24(18-28(33(21)39)35(3,4)5)26-19-27-31(29(37)20-30(38)32(27)34(40)22(26)2)23-9-11-25(12-10-23)41-16-15-36-13-7-6-8-14-36/h9-12,17-18,20,22,26,37-39H,6-8,13-16,19H2,1-5H3. The van der Waals surface area contributed by atoms with Crippen LogP contribution < -0.4 is 4.74 Å². The molecule has 6 heteroatoms. The quantitative estimate of drug-likeness (QED) is 0.300. The molecule has 2 unspecified atom stereocenters. The van der Waals surface area contributed by atoms with Crippen molar-refractivity contribution < 1.29 is 24.9 Å². The lowest BCUT2D eigenvalue weighted by Crippen LogP contribution is -2.33. The number of fused-ring (bicyclic) bond motifs is 1. The maximum Gasteiger partial charge on any atom is 0.170 e. The predicted molar refractivity (Wildman–Crippen MR) is 162 cm³/mol. The van der Waals surface area contributed by atoms with Crippen LogP contribution in [0.5, 0.6) is 23.0 Å². The molecule has 1 fully saturated rings. The molecule has 2 atom stereocenters. The molecule has 0 bridgehead atoms. The molecule has 0 spiro atoms. The van der Waals surface area contributed by atoms with Crippen LogP contribution in [0.15, 0.2) is 42.5 Å². The first-order valence-electron chi connectivity index (χ1n) is 14.9. The Kier molecular flexibility index (Phi) is 8.06. The third-order valence-electron chi connectivity index (χ3n) is 8.90. The number of ether oxygens (including phenoxy) is 1. The Balaban J connectivity index is 1.47. The van der Waals surface area contributed by atoms with Crippen molar-refractivity contribution in [2.45, 2.75) is 71.6 Å². The first-order valence-corrected chi connectivity index (χ1v) is 14.9. The fourth-order valence-corrected chi connectivity index (χ4v) is 6.51. The van der Waals surface area contributed by atoms with Crippen LogP contribution in [0.2, 0.25) is 0 Å². The zero-order valence-electron chi connectivity index (χ0n) is 25.0. The van der Waals surface area contributed by atoms with Crippen LogP contribution in [0.3, 0.4) is 0 Å². The molecule has 0 saturated carbocycles. The van der Waals surface area contributed by atoms with E-state index in [4.69, 9.17) is 4.74 Å². The van der Waals surface area contributed by atoms with Gasteiger partial charge in [-0.25, -0.2) is 0 Å². The predicted octanol–water partition coefficient (Wildman–Crippen LogP) is 7.10. The van der Waals surface area contributed by atoms with Crippen molar-refractivity contribution in [3.63, 3.8) is 0 Å². The monoisotopic (exact) mass is 557 g/mol. The summed E-state index contributed by atoms with van der Waals surface area (Å²) in [5.74, 6) is 0.104. The number of Topliss-reactive ketones (excluding diaryl/α,β-unsaturated/α-hetero) is 1. The van der Waals surface area contributed by atoms with Crippen LogP contribution in [-0.2, 0) is 11.8 Å². The Bertz CT molecular complexity index is 1430. The Morgan fingerprint density at radius 2 is 1.59 bits per heavy atom. The number of aromatic hydroxyl groups is 3. The van der Waals surface area contributed by atoms with Crippen molar-refractivity contribution in [3.8, 4) is 34.1 Å². The Hall–Kier alpha value is -3.51. The molecule has 3 aromatic carbocycles. The highest BCUT2D eigenvalue weighted by molar-refractivity contribution is 6.05. The SMILES string of the molecule is Cc1cc(C2Cc3c(c(O)cc(O)c3-c3ccc(OCCN4CCCCC4)cc3)C(=O)C2C)cc(C(C)(C)C)c1O. The number of likely N-dealkylation sites (tertiary alicyclic amines) is 1. The number of phenolic OH excluding ortho intramolecular Hbond substituents is 3. The third-order valence-corrected chi connectivity index (χ3v) is 8.90. The highest BCUT2D eigenvalue weighted by Gasteiger charge is 2.38. The second-order valence-electron chi connectivity index (χ2n) is 12.9. The molecule has 1 aliphatic heterocycles. The summed E-state index contributed by atoms with van der Waals surface area (Å²) in [6, 6.07) is 12.9. The summed E-state index contributed by atoms with van der Waals surface area (Å²) in [5, 5.41) is 32.6. The molecule has 6 nitrogen and oxygen atoms in total. The maximum absolute atomic E-state index is 13.7. The van der Waals surface area contributed by atoms with E-state index in [1.54, 1.807) is 0 Å². The zero-order valence-corrected chi connectivity index (χ0v) is 25.0. The summed E-state index contributed by atoms with van der Waals surface area (Å²) in [5.41, 5.74) is 4.58. The van der Waals surface area contributed by atoms with E-state index < -0.39 is 0 Å². The maximum atomic E-state index is 13.7. The number of rotatable bonds is 6. The number of ketones is 1. The smallest absolute Gasteiger partial charge is 0.170 e. The van der Waals surface area contributed by atoms with Gasteiger partial charge >= 0.3 is 0 Å². The largest absolute Gasteiger partial charge is 0.507 e. The lowest BCUT2D eigenvalue weighted by Gasteiger charge is -2.33. The van der Waals surface area contributed by atoms with Crippen molar-refractivity contribution in [1.29, 1.82) is 0 Å². The van der Waals surface area contributed by atoms with Gasteiger partial charge in [0, 0.05) is 24.1 Å². The van der Waals surface area contributed by atoms with E-state index in [-0.39, 0.29) is 45.8 Å². The first kappa shape index (κ1) is 29.0. The molecule has 218 valence electrons. The zero-order chi connectivity index (χ0) is 29.5. The van der Waals surface area contributed by atoms with Gasteiger partial charge in [-0.3, -0.25) is 9.69 Å². The van der Waals surface area contributed by atoms with Gasteiger partial charge in [0.25, 0.3) is 0 Å². The molecule has 1 heterocycles. The number of hydrogen-bond acceptors (Lipinski definition) is 6. The van der Waals surface area contributed by atoms with Gasteiger partial charge in [0.05, 0.1) is 5.56 Å². The van der Waals surface area contributed by atoms with Crippen LogP contribution in [0.1, 0.15) is 85.5 Å². The molecule has 0 radical (unpaired) electrons. The van der Waals surface area contributed by atoms with Crippen LogP contribution in [-0.4, -0.2) is 52.2 Å². The average molecular weight is 558 g/mol. The molecular formula is C35H43NO5. The van der Waals surface area contributed by atoms with Gasteiger partial charge in [-0.1, -0.05) is 58.4 Å². The minimum absolute atomic E-state index is 0.0570. The van der Waals surface area contributed by atoms with Gasteiger partial charge in [-0.2, -0.15) is 0 Å². The fourth-order valence-electron chi connectivity index (χ4n) is 6.51. The molecular weight excluding hydrogens is 514 g/mol. The minimum Gasteiger partial charge on any atom is -0.507 e. The lowest BCUT2D eigenvalue weighted by atomic mass is 9.69. The van der Waals surface area contributed by atoms with Crippen molar-refractivity contribution in [3.05, 3.63) is 70.3 Å². The van der Waals surface area contributed by atoms with E-state index in [1.807, 2.05) is 50.2 Å². The first-order chi connectivity index (χ1) is 19.5.